The molecule has 0 atom stereocenters. The van der Waals surface area contributed by atoms with E-state index in [0.717, 1.165) is 0 Å². The maximum absolute atomic E-state index is 11.6. The largest absolute Gasteiger partial charge is 0.466 e. The van der Waals surface area contributed by atoms with Gasteiger partial charge >= 0.3 is 5.97 Å². The summed E-state index contributed by atoms with van der Waals surface area (Å²) in [7, 11) is 0. The SMILES string of the molecule is CCOC(=O)CCN(CCNC(C)=O)C(=O)CC. The Balaban J connectivity index is 4.10. The van der Waals surface area contributed by atoms with Crippen LogP contribution in [0.3, 0.4) is 0 Å². The van der Waals surface area contributed by atoms with Gasteiger partial charge in [0.1, 0.15) is 0 Å². The van der Waals surface area contributed by atoms with E-state index >= 15 is 0 Å². The molecule has 0 radical (unpaired) electrons. The third-order valence-corrected chi connectivity index (χ3v) is 2.30. The van der Waals surface area contributed by atoms with Gasteiger partial charge in [0.05, 0.1) is 13.0 Å². The van der Waals surface area contributed by atoms with Crippen LogP contribution >= 0.6 is 0 Å². The minimum absolute atomic E-state index is 0.0374. The highest BCUT2D eigenvalue weighted by Crippen LogP contribution is 1.97. The molecule has 0 aromatic carbocycles. The number of carbonyl (C=O) groups is 3. The van der Waals surface area contributed by atoms with Crippen LogP contribution in [0.5, 0.6) is 0 Å². The maximum Gasteiger partial charge on any atom is 0.307 e. The molecule has 0 aliphatic rings. The van der Waals surface area contributed by atoms with E-state index in [1.807, 2.05) is 0 Å². The predicted molar refractivity (Wildman–Crippen MR) is 66.8 cm³/mol. The van der Waals surface area contributed by atoms with Crippen LogP contribution < -0.4 is 5.32 Å². The number of ether oxygens (including phenoxy) is 1. The Hall–Kier alpha value is -1.59. The fraction of sp³-hybridized carbons (Fsp3) is 0.750. The molecule has 1 N–H and O–H groups in total. The first-order valence-corrected chi connectivity index (χ1v) is 6.19. The van der Waals surface area contributed by atoms with Gasteiger partial charge in [0.2, 0.25) is 11.8 Å². The second-order valence-electron chi connectivity index (χ2n) is 3.77. The summed E-state index contributed by atoms with van der Waals surface area (Å²) in [5.74, 6) is -0.486. The van der Waals surface area contributed by atoms with Gasteiger partial charge < -0.3 is 15.0 Å². The molecule has 2 amide bonds. The number of carbonyl (C=O) groups excluding carboxylic acids is 3. The van der Waals surface area contributed by atoms with Gasteiger partial charge in [-0.2, -0.15) is 0 Å². The Labute approximate surface area is 108 Å². The number of hydrogen-bond donors (Lipinski definition) is 1. The first-order chi connectivity index (χ1) is 8.51. The van der Waals surface area contributed by atoms with Crippen molar-refractivity contribution >= 4 is 17.8 Å². The van der Waals surface area contributed by atoms with Crippen LogP contribution in [0.25, 0.3) is 0 Å². The van der Waals surface area contributed by atoms with E-state index in [9.17, 15) is 14.4 Å². The molecule has 18 heavy (non-hydrogen) atoms. The average Bonchev–Trinajstić information content (AvgIpc) is 2.32. The molecule has 0 aliphatic heterocycles. The minimum Gasteiger partial charge on any atom is -0.466 e. The lowest BCUT2D eigenvalue weighted by molar-refractivity contribution is -0.144. The van der Waals surface area contributed by atoms with Gasteiger partial charge in [-0.15, -0.1) is 0 Å². The van der Waals surface area contributed by atoms with Gasteiger partial charge in [0.15, 0.2) is 0 Å². The molecule has 0 fully saturated rings. The molecule has 0 saturated heterocycles. The van der Waals surface area contributed by atoms with Crippen LogP contribution in [0, 0.1) is 0 Å². The number of amides is 2. The van der Waals surface area contributed by atoms with Gasteiger partial charge in [0, 0.05) is 33.0 Å². The highest BCUT2D eigenvalue weighted by Gasteiger charge is 2.13. The summed E-state index contributed by atoms with van der Waals surface area (Å²) in [6.07, 6.45) is 0.558. The molecule has 0 unspecified atom stereocenters. The number of esters is 1. The summed E-state index contributed by atoms with van der Waals surface area (Å²) in [4.78, 5) is 35.1. The molecule has 0 saturated carbocycles. The van der Waals surface area contributed by atoms with Crippen molar-refractivity contribution < 1.29 is 19.1 Å². The molecule has 6 nitrogen and oxygen atoms in total. The topological polar surface area (TPSA) is 75.7 Å². The summed E-state index contributed by atoms with van der Waals surface area (Å²) in [5.41, 5.74) is 0. The molecule has 0 aliphatic carbocycles. The van der Waals surface area contributed by atoms with Crippen LogP contribution in [0.15, 0.2) is 0 Å². The zero-order valence-corrected chi connectivity index (χ0v) is 11.3. The Morgan fingerprint density at radius 3 is 2.33 bits per heavy atom. The van der Waals surface area contributed by atoms with E-state index in [1.165, 1.54) is 6.92 Å². The van der Waals surface area contributed by atoms with E-state index in [4.69, 9.17) is 4.74 Å². The lowest BCUT2D eigenvalue weighted by Gasteiger charge is -2.21. The summed E-state index contributed by atoms with van der Waals surface area (Å²) in [6.45, 7) is 6.39. The zero-order valence-electron chi connectivity index (χ0n) is 11.3. The number of nitrogens with one attached hydrogen (secondary N) is 1. The van der Waals surface area contributed by atoms with E-state index in [-0.39, 0.29) is 24.2 Å². The Morgan fingerprint density at radius 1 is 1.17 bits per heavy atom. The van der Waals surface area contributed by atoms with Crippen molar-refractivity contribution in [2.45, 2.75) is 33.6 Å². The van der Waals surface area contributed by atoms with Crippen LogP contribution in [0.2, 0.25) is 0 Å². The predicted octanol–water partition coefficient (Wildman–Crippen LogP) is 0.314. The van der Waals surface area contributed by atoms with Crippen molar-refractivity contribution in [2.75, 3.05) is 26.2 Å². The Kier molecular flexibility index (Phi) is 8.61. The van der Waals surface area contributed by atoms with Gasteiger partial charge in [-0.25, -0.2) is 0 Å². The van der Waals surface area contributed by atoms with Gasteiger partial charge in [-0.05, 0) is 6.92 Å². The smallest absolute Gasteiger partial charge is 0.307 e. The maximum atomic E-state index is 11.6. The van der Waals surface area contributed by atoms with Crippen LogP contribution in [-0.4, -0.2) is 48.9 Å². The molecule has 0 heterocycles. The molecule has 6 heteroatoms. The van der Waals surface area contributed by atoms with Crippen molar-refractivity contribution in [3.8, 4) is 0 Å². The van der Waals surface area contributed by atoms with E-state index in [2.05, 4.69) is 5.32 Å². The molecule has 0 aromatic rings. The van der Waals surface area contributed by atoms with E-state index in [0.29, 0.717) is 32.7 Å². The highest BCUT2D eigenvalue weighted by molar-refractivity contribution is 5.77. The van der Waals surface area contributed by atoms with Gasteiger partial charge in [0.25, 0.3) is 0 Å². The molecule has 0 rings (SSSR count). The standard InChI is InChI=1S/C12H22N2O4/c1-4-11(16)14(9-7-13-10(3)15)8-6-12(17)18-5-2/h4-9H2,1-3H3,(H,13,15). The Morgan fingerprint density at radius 2 is 1.83 bits per heavy atom. The normalized spacial score (nSPS) is 9.72. The molecule has 0 aromatic heterocycles. The van der Waals surface area contributed by atoms with Crippen molar-refractivity contribution in [2.24, 2.45) is 0 Å². The highest BCUT2D eigenvalue weighted by atomic mass is 16.5. The first-order valence-electron chi connectivity index (χ1n) is 6.19. The monoisotopic (exact) mass is 258 g/mol. The molecule has 104 valence electrons. The Bertz CT molecular complexity index is 292. The zero-order chi connectivity index (χ0) is 14.0. The van der Waals surface area contributed by atoms with Crippen molar-refractivity contribution in [1.29, 1.82) is 0 Å². The number of rotatable bonds is 8. The third kappa shape index (κ3) is 7.65. The second kappa shape index (κ2) is 9.44. The van der Waals surface area contributed by atoms with Crippen LogP contribution in [0.4, 0.5) is 0 Å². The molecular formula is C12H22N2O4. The summed E-state index contributed by atoms with van der Waals surface area (Å²) in [6, 6.07) is 0. The summed E-state index contributed by atoms with van der Waals surface area (Å²) in [5, 5.41) is 2.62. The number of hydrogen-bond acceptors (Lipinski definition) is 4. The van der Waals surface area contributed by atoms with Crippen LogP contribution in [-0.2, 0) is 19.1 Å². The van der Waals surface area contributed by atoms with E-state index in [1.54, 1.807) is 18.7 Å². The third-order valence-electron chi connectivity index (χ3n) is 2.30. The minimum atomic E-state index is -0.314. The van der Waals surface area contributed by atoms with Gasteiger partial charge in [-0.3, -0.25) is 14.4 Å². The number of nitrogens with zero attached hydrogens (tertiary/aromatic N) is 1. The van der Waals surface area contributed by atoms with Crippen molar-refractivity contribution in [3.63, 3.8) is 0 Å². The second-order valence-corrected chi connectivity index (χ2v) is 3.77. The fourth-order valence-corrected chi connectivity index (χ4v) is 1.41. The molecular weight excluding hydrogens is 236 g/mol. The molecule has 0 spiro atoms. The quantitative estimate of drug-likeness (QED) is 0.636. The fourth-order valence-electron chi connectivity index (χ4n) is 1.41. The molecule has 0 bridgehead atoms. The van der Waals surface area contributed by atoms with Crippen molar-refractivity contribution in [3.05, 3.63) is 0 Å². The summed E-state index contributed by atoms with van der Waals surface area (Å²) >= 11 is 0. The van der Waals surface area contributed by atoms with Crippen molar-refractivity contribution in [1.82, 2.24) is 10.2 Å². The van der Waals surface area contributed by atoms with E-state index < -0.39 is 0 Å². The lowest BCUT2D eigenvalue weighted by atomic mass is 10.3. The lowest BCUT2D eigenvalue weighted by Crippen LogP contribution is -2.39. The first kappa shape index (κ1) is 16.4. The van der Waals surface area contributed by atoms with Gasteiger partial charge in [-0.1, -0.05) is 6.92 Å². The summed E-state index contributed by atoms with van der Waals surface area (Å²) < 4.78 is 4.80. The van der Waals surface area contributed by atoms with Crippen LogP contribution in [0.1, 0.15) is 33.6 Å². The average molecular weight is 258 g/mol.